The monoisotopic (exact) mass is 252 g/mol. The van der Waals surface area contributed by atoms with Gasteiger partial charge < -0.3 is 9.47 Å². The van der Waals surface area contributed by atoms with Gasteiger partial charge in [-0.2, -0.15) is 4.39 Å². The largest absolute Gasteiger partial charge is 0.425 e. The molecule has 1 unspecified atom stereocenters. The lowest BCUT2D eigenvalue weighted by atomic mass is 10.3. The molecule has 0 aromatic heterocycles. The summed E-state index contributed by atoms with van der Waals surface area (Å²) in [6, 6.07) is 5.08. The van der Waals surface area contributed by atoms with Crippen LogP contribution in [-0.2, 0) is 0 Å². The molecule has 1 aliphatic rings. The Morgan fingerprint density at radius 1 is 1.23 bits per heavy atom. The highest BCUT2D eigenvalue weighted by atomic mass is 79.9. The van der Waals surface area contributed by atoms with Gasteiger partial charge in [0.1, 0.15) is 0 Å². The fraction of sp³-hybridized carbons (Fsp3) is 0.250. The maximum atomic E-state index is 12.4. The molecule has 0 aliphatic carbocycles. The summed E-state index contributed by atoms with van der Waals surface area (Å²) in [5, 5.41) is 0. The normalized spacial score (nSPS) is 17.7. The second kappa shape index (κ2) is 4.41. The summed E-state index contributed by atoms with van der Waals surface area (Å²) in [7, 11) is 0.500. The van der Waals surface area contributed by atoms with Crippen LogP contribution >= 0.6 is 15.9 Å². The summed E-state index contributed by atoms with van der Waals surface area (Å²) in [6.07, 6.45) is 0. The van der Waals surface area contributed by atoms with Crippen molar-refractivity contribution < 1.29 is 18.3 Å². The molecule has 0 fully saturated rings. The van der Waals surface area contributed by atoms with Crippen molar-refractivity contribution >= 4 is 15.9 Å². The van der Waals surface area contributed by atoms with Crippen molar-refractivity contribution in [2.75, 3.05) is 7.18 Å². The maximum Gasteiger partial charge on any atom is 0.397 e. The molecule has 0 saturated carbocycles. The van der Waals surface area contributed by atoms with Gasteiger partial charge in [-0.15, -0.1) is 0 Å². The minimum atomic E-state index is -1.65. The van der Waals surface area contributed by atoms with Crippen LogP contribution in [-0.4, -0.2) is 13.7 Å². The lowest BCUT2D eigenvalue weighted by Crippen LogP contribution is -2.09. The summed E-state index contributed by atoms with van der Waals surface area (Å²) >= 11 is 3.23. The molecule has 1 aromatic rings. The van der Waals surface area contributed by atoms with Gasteiger partial charge in [0.25, 0.3) is 0 Å². The van der Waals surface area contributed by atoms with Crippen molar-refractivity contribution in [2.24, 2.45) is 0 Å². The van der Waals surface area contributed by atoms with Crippen molar-refractivity contribution in [3.05, 3.63) is 22.7 Å². The van der Waals surface area contributed by atoms with Crippen LogP contribution in [0.4, 0.5) is 8.78 Å². The third-order valence-corrected chi connectivity index (χ3v) is 1.84. The van der Waals surface area contributed by atoms with E-state index in [0.717, 1.165) is 4.47 Å². The van der Waals surface area contributed by atoms with Crippen LogP contribution in [0.5, 0.6) is 11.5 Å². The zero-order valence-corrected chi connectivity index (χ0v) is 8.35. The molecule has 72 valence electrons. The lowest BCUT2D eigenvalue weighted by Gasteiger charge is -1.94. The van der Waals surface area contributed by atoms with Crippen molar-refractivity contribution in [1.29, 1.82) is 0 Å². The first kappa shape index (κ1) is 10.2. The van der Waals surface area contributed by atoms with Gasteiger partial charge in [-0.1, -0.05) is 15.9 Å². The molecule has 1 heterocycles. The number of fused-ring (bicyclic) bond motifs is 1. The molecule has 0 N–H and O–H groups in total. The fourth-order valence-electron chi connectivity index (χ4n) is 0.895. The fourth-order valence-corrected chi connectivity index (χ4v) is 1.24. The first-order valence-electron chi connectivity index (χ1n) is 3.40. The third-order valence-electron chi connectivity index (χ3n) is 1.35. The molecule has 2 nitrogen and oxygen atoms in total. The van der Waals surface area contributed by atoms with Gasteiger partial charge in [0, 0.05) is 4.47 Å². The first-order valence-corrected chi connectivity index (χ1v) is 4.20. The van der Waals surface area contributed by atoms with Crippen molar-refractivity contribution in [3.8, 4) is 11.5 Å². The third kappa shape index (κ3) is 2.30. The predicted octanol–water partition coefficient (Wildman–Crippen LogP) is 3.06. The summed E-state index contributed by atoms with van der Waals surface area (Å²) < 4.78 is 32.1. The Morgan fingerprint density at radius 3 is 2.54 bits per heavy atom. The van der Waals surface area contributed by atoms with E-state index in [4.69, 9.17) is 0 Å². The molecule has 0 spiro atoms. The Morgan fingerprint density at radius 2 is 1.85 bits per heavy atom. The average Bonchev–Trinajstić information content (AvgIpc) is 2.48. The molecule has 1 aliphatic heterocycles. The molecule has 5 heteroatoms. The van der Waals surface area contributed by atoms with Crippen molar-refractivity contribution in [1.82, 2.24) is 0 Å². The number of rotatable bonds is 0. The molecule has 0 saturated heterocycles. The van der Waals surface area contributed by atoms with E-state index in [2.05, 4.69) is 25.4 Å². The molecule has 0 bridgehead atoms. The summed E-state index contributed by atoms with van der Waals surface area (Å²) in [5.41, 5.74) is 0. The average molecular weight is 253 g/mol. The van der Waals surface area contributed by atoms with Crippen LogP contribution in [0.2, 0.25) is 0 Å². The van der Waals surface area contributed by atoms with Crippen LogP contribution in [0.15, 0.2) is 22.7 Å². The van der Waals surface area contributed by atoms with Gasteiger partial charge in [0.2, 0.25) is 0 Å². The van der Waals surface area contributed by atoms with Crippen LogP contribution in [0, 0.1) is 0 Å². The van der Waals surface area contributed by atoms with Crippen LogP contribution in [0.3, 0.4) is 0 Å². The highest BCUT2D eigenvalue weighted by molar-refractivity contribution is 9.10. The van der Waals surface area contributed by atoms with Crippen molar-refractivity contribution in [2.45, 2.75) is 6.54 Å². The number of hydrogen-bond acceptors (Lipinski definition) is 2. The van der Waals surface area contributed by atoms with E-state index >= 15 is 0 Å². The molecular weight excluding hydrogens is 246 g/mol. The molecule has 1 atom stereocenters. The standard InChI is InChI=1S/C7H4BrFO2.CH3F/c8-4-1-2-5-6(3-4)11-7(9)10-5;1-2/h1-3,7H;1H3. The van der Waals surface area contributed by atoms with E-state index in [1.807, 2.05) is 0 Å². The quantitative estimate of drug-likeness (QED) is 0.707. The van der Waals surface area contributed by atoms with E-state index in [-0.39, 0.29) is 0 Å². The predicted molar refractivity (Wildman–Crippen MR) is 47.3 cm³/mol. The van der Waals surface area contributed by atoms with E-state index in [0.29, 0.717) is 18.7 Å². The Labute approximate surface area is 82.6 Å². The second-order valence-electron chi connectivity index (χ2n) is 2.10. The van der Waals surface area contributed by atoms with E-state index in [9.17, 15) is 8.78 Å². The van der Waals surface area contributed by atoms with E-state index < -0.39 is 6.54 Å². The SMILES string of the molecule is CF.FC1Oc2ccc(Br)cc2O1. The number of halogens is 3. The zero-order valence-electron chi connectivity index (χ0n) is 6.76. The molecule has 0 amide bonds. The molecular formula is C8H7BrF2O2. The van der Waals surface area contributed by atoms with Gasteiger partial charge in [0.05, 0.1) is 7.18 Å². The summed E-state index contributed by atoms with van der Waals surface area (Å²) in [6.45, 7) is -1.65. The highest BCUT2D eigenvalue weighted by Gasteiger charge is 2.22. The van der Waals surface area contributed by atoms with E-state index in [1.165, 1.54) is 0 Å². The number of alkyl halides is 2. The van der Waals surface area contributed by atoms with Gasteiger partial charge in [-0.3, -0.25) is 4.39 Å². The Kier molecular flexibility index (Phi) is 3.48. The number of hydrogen-bond donors (Lipinski definition) is 0. The Balaban J connectivity index is 0.000000396. The summed E-state index contributed by atoms with van der Waals surface area (Å²) in [4.78, 5) is 0. The molecule has 0 radical (unpaired) electrons. The highest BCUT2D eigenvalue weighted by Crippen LogP contribution is 2.36. The summed E-state index contributed by atoms with van der Waals surface area (Å²) in [5.74, 6) is 0.882. The second-order valence-corrected chi connectivity index (χ2v) is 3.02. The van der Waals surface area contributed by atoms with Crippen molar-refractivity contribution in [3.63, 3.8) is 0 Å². The van der Waals surface area contributed by atoms with Crippen LogP contribution in [0.1, 0.15) is 0 Å². The zero-order chi connectivity index (χ0) is 9.84. The molecule has 1 aromatic carbocycles. The van der Waals surface area contributed by atoms with Gasteiger partial charge in [-0.05, 0) is 18.2 Å². The molecule has 2 rings (SSSR count). The van der Waals surface area contributed by atoms with Gasteiger partial charge in [-0.25, -0.2) is 0 Å². The van der Waals surface area contributed by atoms with Gasteiger partial charge >= 0.3 is 6.54 Å². The minimum Gasteiger partial charge on any atom is -0.425 e. The topological polar surface area (TPSA) is 18.5 Å². The smallest absolute Gasteiger partial charge is 0.397 e. The Hall–Kier alpha value is -0.840. The lowest BCUT2D eigenvalue weighted by molar-refractivity contribution is -0.0652. The number of ether oxygens (including phenoxy) is 2. The van der Waals surface area contributed by atoms with Crippen LogP contribution < -0.4 is 9.47 Å². The molecule has 13 heavy (non-hydrogen) atoms. The minimum absolute atomic E-state index is 0.437. The number of benzene rings is 1. The maximum absolute atomic E-state index is 12.4. The van der Waals surface area contributed by atoms with E-state index in [1.54, 1.807) is 18.2 Å². The Bertz CT molecular complexity index is 293. The van der Waals surface area contributed by atoms with Gasteiger partial charge in [0.15, 0.2) is 11.5 Å². The first-order chi connectivity index (χ1) is 6.25. The van der Waals surface area contributed by atoms with Crippen LogP contribution in [0.25, 0.3) is 0 Å².